The monoisotopic (exact) mass is 282 g/mol. The summed E-state index contributed by atoms with van der Waals surface area (Å²) in [6, 6.07) is 1.48. The minimum atomic E-state index is 0.156. The Labute approximate surface area is 123 Å². The molecule has 20 heavy (non-hydrogen) atoms. The van der Waals surface area contributed by atoms with Crippen LogP contribution in [-0.2, 0) is 0 Å². The number of carbonyl (C=O) groups is 1. The molecule has 116 valence electrons. The van der Waals surface area contributed by atoms with E-state index in [1.165, 1.54) is 25.9 Å². The van der Waals surface area contributed by atoms with Crippen molar-refractivity contribution in [2.75, 3.05) is 46.8 Å². The average molecular weight is 282 g/mol. The predicted octanol–water partition coefficient (Wildman–Crippen LogP) is 1.21. The topological polar surface area (TPSA) is 38.8 Å². The third kappa shape index (κ3) is 3.85. The maximum atomic E-state index is 12.0. The van der Waals surface area contributed by atoms with Gasteiger partial charge in [-0.25, -0.2) is 4.79 Å². The van der Waals surface area contributed by atoms with Crippen LogP contribution >= 0.6 is 0 Å². The molecule has 2 saturated heterocycles. The molecular weight excluding hydrogens is 252 g/mol. The summed E-state index contributed by atoms with van der Waals surface area (Å²) in [6.45, 7) is 7.52. The fourth-order valence-corrected chi connectivity index (χ4v) is 3.44. The first-order valence-corrected chi connectivity index (χ1v) is 8.05. The summed E-state index contributed by atoms with van der Waals surface area (Å²) < 4.78 is 0. The number of urea groups is 1. The third-order valence-corrected chi connectivity index (χ3v) is 4.66. The van der Waals surface area contributed by atoms with Crippen LogP contribution in [0.4, 0.5) is 4.79 Å². The number of hydrogen-bond acceptors (Lipinski definition) is 3. The SMILES string of the molecule is CCN(CC1CCCN1)C1CCN(C(=O)N(C)C)CC1. The first kappa shape index (κ1) is 15.6. The molecule has 2 amide bonds. The second-order valence-corrected chi connectivity index (χ2v) is 6.28. The van der Waals surface area contributed by atoms with Crippen LogP contribution in [0.15, 0.2) is 0 Å². The summed E-state index contributed by atoms with van der Waals surface area (Å²) in [4.78, 5) is 18.2. The Hall–Kier alpha value is -0.810. The number of rotatable bonds is 4. The molecule has 0 aliphatic carbocycles. The van der Waals surface area contributed by atoms with Crippen LogP contribution in [0.25, 0.3) is 0 Å². The normalized spacial score (nSPS) is 24.4. The lowest BCUT2D eigenvalue weighted by Gasteiger charge is -2.39. The van der Waals surface area contributed by atoms with Gasteiger partial charge < -0.3 is 15.1 Å². The predicted molar refractivity (Wildman–Crippen MR) is 81.9 cm³/mol. The Kier molecular flexibility index (Phi) is 5.66. The van der Waals surface area contributed by atoms with Gasteiger partial charge in [-0.3, -0.25) is 4.90 Å². The standard InChI is InChI=1S/C15H30N4O/c1-4-18(12-13-6-5-9-16-13)14-7-10-19(11-8-14)15(20)17(2)3/h13-14,16H,4-12H2,1-3H3. The van der Waals surface area contributed by atoms with E-state index in [4.69, 9.17) is 0 Å². The highest BCUT2D eigenvalue weighted by Gasteiger charge is 2.28. The minimum absolute atomic E-state index is 0.156. The molecule has 0 aromatic rings. The Morgan fingerprint density at radius 2 is 1.95 bits per heavy atom. The van der Waals surface area contributed by atoms with E-state index in [-0.39, 0.29) is 6.03 Å². The summed E-state index contributed by atoms with van der Waals surface area (Å²) in [6.07, 6.45) is 4.85. The van der Waals surface area contributed by atoms with E-state index in [0.717, 1.165) is 32.5 Å². The molecule has 2 fully saturated rings. The molecule has 0 spiro atoms. The van der Waals surface area contributed by atoms with E-state index in [1.807, 2.05) is 19.0 Å². The van der Waals surface area contributed by atoms with Gasteiger partial charge >= 0.3 is 6.03 Å². The number of amides is 2. The van der Waals surface area contributed by atoms with Crippen molar-refractivity contribution in [1.29, 1.82) is 0 Å². The quantitative estimate of drug-likeness (QED) is 0.842. The molecule has 1 unspecified atom stereocenters. The van der Waals surface area contributed by atoms with Crippen LogP contribution in [-0.4, -0.2) is 79.6 Å². The summed E-state index contributed by atoms with van der Waals surface area (Å²) in [5, 5.41) is 3.59. The van der Waals surface area contributed by atoms with Crippen molar-refractivity contribution in [3.8, 4) is 0 Å². The summed E-state index contributed by atoms with van der Waals surface area (Å²) in [7, 11) is 3.66. The van der Waals surface area contributed by atoms with Crippen molar-refractivity contribution >= 4 is 6.03 Å². The molecule has 0 bridgehead atoms. The maximum Gasteiger partial charge on any atom is 0.319 e. The van der Waals surface area contributed by atoms with Gasteiger partial charge in [-0.05, 0) is 38.8 Å². The zero-order valence-corrected chi connectivity index (χ0v) is 13.3. The summed E-state index contributed by atoms with van der Waals surface area (Å²) in [5.74, 6) is 0. The Balaban J connectivity index is 1.80. The van der Waals surface area contributed by atoms with Gasteiger partial charge in [0.25, 0.3) is 0 Å². The van der Waals surface area contributed by atoms with Gasteiger partial charge in [-0.1, -0.05) is 6.92 Å². The first-order chi connectivity index (χ1) is 9.61. The number of piperidine rings is 1. The average Bonchev–Trinajstić information content (AvgIpc) is 2.97. The zero-order valence-electron chi connectivity index (χ0n) is 13.3. The molecule has 5 nitrogen and oxygen atoms in total. The highest BCUT2D eigenvalue weighted by molar-refractivity contribution is 5.73. The number of nitrogens with one attached hydrogen (secondary N) is 1. The fraction of sp³-hybridized carbons (Fsp3) is 0.933. The van der Waals surface area contributed by atoms with E-state index < -0.39 is 0 Å². The van der Waals surface area contributed by atoms with E-state index in [0.29, 0.717) is 12.1 Å². The van der Waals surface area contributed by atoms with Crippen LogP contribution in [0.2, 0.25) is 0 Å². The van der Waals surface area contributed by atoms with E-state index in [9.17, 15) is 4.79 Å². The lowest BCUT2D eigenvalue weighted by molar-refractivity contribution is 0.105. The third-order valence-electron chi connectivity index (χ3n) is 4.66. The van der Waals surface area contributed by atoms with Crippen LogP contribution < -0.4 is 5.32 Å². The van der Waals surface area contributed by atoms with E-state index in [2.05, 4.69) is 17.1 Å². The molecule has 2 aliphatic heterocycles. The fourth-order valence-electron chi connectivity index (χ4n) is 3.44. The lowest BCUT2D eigenvalue weighted by atomic mass is 10.0. The summed E-state index contributed by atoms with van der Waals surface area (Å²) >= 11 is 0. The van der Waals surface area contributed by atoms with E-state index in [1.54, 1.807) is 4.90 Å². The van der Waals surface area contributed by atoms with Gasteiger partial charge in [-0.15, -0.1) is 0 Å². The Morgan fingerprint density at radius 1 is 1.25 bits per heavy atom. The van der Waals surface area contributed by atoms with Crippen LogP contribution in [0.3, 0.4) is 0 Å². The number of hydrogen-bond donors (Lipinski definition) is 1. The molecule has 2 aliphatic rings. The lowest BCUT2D eigenvalue weighted by Crippen LogP contribution is -2.51. The van der Waals surface area contributed by atoms with Crippen molar-refractivity contribution in [3.05, 3.63) is 0 Å². The van der Waals surface area contributed by atoms with Crippen molar-refractivity contribution in [2.24, 2.45) is 0 Å². The molecule has 0 saturated carbocycles. The summed E-state index contributed by atoms with van der Waals surface area (Å²) in [5.41, 5.74) is 0. The molecule has 1 atom stereocenters. The molecule has 2 heterocycles. The van der Waals surface area contributed by atoms with Crippen LogP contribution in [0.5, 0.6) is 0 Å². The van der Waals surface area contributed by atoms with Crippen molar-refractivity contribution in [1.82, 2.24) is 20.0 Å². The molecule has 2 rings (SSSR count). The van der Waals surface area contributed by atoms with Crippen molar-refractivity contribution in [2.45, 2.75) is 44.7 Å². The highest BCUT2D eigenvalue weighted by atomic mass is 16.2. The minimum Gasteiger partial charge on any atom is -0.331 e. The second kappa shape index (κ2) is 7.27. The van der Waals surface area contributed by atoms with Gasteiger partial charge in [0.05, 0.1) is 0 Å². The molecule has 5 heteroatoms. The zero-order chi connectivity index (χ0) is 14.5. The van der Waals surface area contributed by atoms with Crippen LogP contribution in [0, 0.1) is 0 Å². The number of likely N-dealkylation sites (tertiary alicyclic amines) is 1. The first-order valence-electron chi connectivity index (χ1n) is 8.05. The maximum absolute atomic E-state index is 12.0. The second-order valence-electron chi connectivity index (χ2n) is 6.28. The van der Waals surface area contributed by atoms with Gasteiger partial charge in [0.15, 0.2) is 0 Å². The molecule has 0 aromatic carbocycles. The Morgan fingerprint density at radius 3 is 2.45 bits per heavy atom. The Bertz CT molecular complexity index is 307. The molecular formula is C15H30N4O. The molecule has 1 N–H and O–H groups in total. The highest BCUT2D eigenvalue weighted by Crippen LogP contribution is 2.19. The van der Waals surface area contributed by atoms with E-state index >= 15 is 0 Å². The number of likely N-dealkylation sites (N-methyl/N-ethyl adjacent to an activating group) is 1. The number of carbonyl (C=O) groups excluding carboxylic acids is 1. The smallest absolute Gasteiger partial charge is 0.319 e. The van der Waals surface area contributed by atoms with Gasteiger partial charge in [-0.2, -0.15) is 0 Å². The molecule has 0 radical (unpaired) electrons. The van der Waals surface area contributed by atoms with Crippen molar-refractivity contribution in [3.63, 3.8) is 0 Å². The largest absolute Gasteiger partial charge is 0.331 e. The van der Waals surface area contributed by atoms with Gasteiger partial charge in [0.2, 0.25) is 0 Å². The van der Waals surface area contributed by atoms with Gasteiger partial charge in [0, 0.05) is 45.8 Å². The molecule has 0 aromatic heterocycles. The van der Waals surface area contributed by atoms with Gasteiger partial charge in [0.1, 0.15) is 0 Å². The van der Waals surface area contributed by atoms with Crippen molar-refractivity contribution < 1.29 is 4.79 Å². The number of nitrogens with zero attached hydrogens (tertiary/aromatic N) is 3. The van der Waals surface area contributed by atoms with Crippen LogP contribution in [0.1, 0.15) is 32.6 Å².